The van der Waals surface area contributed by atoms with Crippen LogP contribution in [0.1, 0.15) is 38.6 Å². The molecule has 1 aliphatic heterocycles. The highest BCUT2D eigenvalue weighted by molar-refractivity contribution is 6.15. The van der Waals surface area contributed by atoms with Gasteiger partial charge in [0.1, 0.15) is 23.6 Å². The molecule has 0 spiro atoms. The molecule has 0 radical (unpaired) electrons. The maximum absolute atomic E-state index is 10.0. The van der Waals surface area contributed by atoms with Gasteiger partial charge in [-0.3, -0.25) is 4.90 Å². The lowest BCUT2D eigenvalue weighted by molar-refractivity contribution is 0.388. The van der Waals surface area contributed by atoms with Crippen LogP contribution in [0, 0.1) is 18.3 Å². The van der Waals surface area contributed by atoms with Gasteiger partial charge in [0.25, 0.3) is 0 Å². The number of allylic oxidation sites excluding steroid dienone is 2. The number of rotatable bonds is 9. The fourth-order valence-electron chi connectivity index (χ4n) is 4.81. The summed E-state index contributed by atoms with van der Waals surface area (Å²) >= 11 is 0. The van der Waals surface area contributed by atoms with E-state index >= 15 is 0 Å². The average molecular weight is 531 g/mol. The lowest BCUT2D eigenvalue weighted by atomic mass is 9.95. The fourth-order valence-corrected chi connectivity index (χ4v) is 4.81. The van der Waals surface area contributed by atoms with Crippen LogP contribution < -0.4 is 10.6 Å². The highest BCUT2D eigenvalue weighted by Gasteiger charge is 2.29. The zero-order valence-electron chi connectivity index (χ0n) is 23.5. The smallest absolute Gasteiger partial charge is 0.133 e. The summed E-state index contributed by atoms with van der Waals surface area (Å²) in [4.78, 5) is 22.5. The van der Waals surface area contributed by atoms with E-state index < -0.39 is 0 Å². The zero-order valence-corrected chi connectivity index (χ0v) is 23.5. The van der Waals surface area contributed by atoms with Crippen molar-refractivity contribution in [2.24, 2.45) is 15.7 Å². The molecule has 0 aliphatic carbocycles. The number of aryl methyl sites for hydroxylation is 1. The Balaban J connectivity index is 1.87. The molecule has 0 bridgehead atoms. The van der Waals surface area contributed by atoms with Gasteiger partial charge >= 0.3 is 0 Å². The molecule has 2 N–H and O–H groups in total. The van der Waals surface area contributed by atoms with Gasteiger partial charge in [-0.15, -0.1) is 0 Å². The molecule has 0 fully saturated rings. The van der Waals surface area contributed by atoms with E-state index in [1.54, 1.807) is 6.92 Å². The first-order valence-corrected chi connectivity index (χ1v) is 13.1. The molecule has 202 valence electrons. The van der Waals surface area contributed by atoms with Crippen molar-refractivity contribution < 1.29 is 0 Å². The number of aromatic nitrogens is 2. The van der Waals surface area contributed by atoms with E-state index in [2.05, 4.69) is 50.9 Å². The van der Waals surface area contributed by atoms with Gasteiger partial charge in [0.05, 0.1) is 29.2 Å². The van der Waals surface area contributed by atoms with Crippen LogP contribution in [0.3, 0.4) is 0 Å². The fraction of sp³-hybridized carbons (Fsp3) is 0.219. The van der Waals surface area contributed by atoms with Crippen molar-refractivity contribution in [2.75, 3.05) is 18.0 Å². The molecule has 2 heterocycles. The van der Waals surface area contributed by atoms with Gasteiger partial charge in [-0.05, 0) is 51.0 Å². The number of fused-ring (bicyclic) bond motifs is 1. The van der Waals surface area contributed by atoms with Gasteiger partial charge < -0.3 is 10.6 Å². The quantitative estimate of drug-likeness (QED) is 0.254. The van der Waals surface area contributed by atoms with Crippen LogP contribution in [0.25, 0.3) is 16.8 Å². The van der Waals surface area contributed by atoms with Crippen molar-refractivity contribution in [3.63, 3.8) is 0 Å². The molecule has 1 aromatic heterocycles. The number of nitrogens with zero attached hydrogens (tertiary/aromatic N) is 7. The van der Waals surface area contributed by atoms with Crippen molar-refractivity contribution in [1.82, 2.24) is 14.9 Å². The predicted octanol–water partition coefficient (Wildman–Crippen LogP) is 6.37. The van der Waals surface area contributed by atoms with Gasteiger partial charge in [0, 0.05) is 41.4 Å². The highest BCUT2D eigenvalue weighted by atomic mass is 15.3. The maximum Gasteiger partial charge on any atom is 0.133 e. The van der Waals surface area contributed by atoms with E-state index in [-0.39, 0.29) is 5.82 Å². The lowest BCUT2D eigenvalue weighted by Crippen LogP contribution is -2.41. The highest BCUT2D eigenvalue weighted by Crippen LogP contribution is 2.42. The molecule has 0 saturated heterocycles. The Morgan fingerprint density at radius 2 is 1.80 bits per heavy atom. The third-order valence-corrected chi connectivity index (χ3v) is 6.66. The van der Waals surface area contributed by atoms with Gasteiger partial charge in [-0.25, -0.2) is 20.0 Å². The summed E-state index contributed by atoms with van der Waals surface area (Å²) < 4.78 is 0. The number of aliphatic imine (C=N–C) groups is 2. The number of hydrogen-bond donors (Lipinski definition) is 1. The molecule has 40 heavy (non-hydrogen) atoms. The van der Waals surface area contributed by atoms with Crippen LogP contribution in [0.5, 0.6) is 0 Å². The molecule has 0 saturated carbocycles. The van der Waals surface area contributed by atoms with Crippen LogP contribution in [-0.2, 0) is 0 Å². The Morgan fingerprint density at radius 1 is 1.10 bits per heavy atom. The molecule has 1 aliphatic rings. The van der Waals surface area contributed by atoms with Crippen LogP contribution in [0.15, 0.2) is 101 Å². The Hall–Kier alpha value is -5.03. The summed E-state index contributed by atoms with van der Waals surface area (Å²) in [6.07, 6.45) is 4.54. The summed E-state index contributed by atoms with van der Waals surface area (Å²) in [5.74, 6) is 1.67. The summed E-state index contributed by atoms with van der Waals surface area (Å²) in [6, 6.07) is 18.4. The van der Waals surface area contributed by atoms with Gasteiger partial charge in [-0.2, -0.15) is 5.26 Å². The number of para-hydroxylation sites is 1. The third-order valence-electron chi connectivity index (χ3n) is 6.66. The van der Waals surface area contributed by atoms with Crippen molar-refractivity contribution >= 4 is 28.6 Å². The summed E-state index contributed by atoms with van der Waals surface area (Å²) in [5.41, 5.74) is 12.9. The van der Waals surface area contributed by atoms with Crippen molar-refractivity contribution in [2.45, 2.75) is 34.1 Å². The largest absolute Gasteiger partial charge is 0.384 e. The molecule has 4 rings (SSSR count). The Bertz CT molecular complexity index is 1560. The molecule has 0 unspecified atom stereocenters. The molecule has 3 aromatic rings. The van der Waals surface area contributed by atoms with Crippen LogP contribution in [0.4, 0.5) is 11.4 Å². The molecule has 0 amide bonds. The Kier molecular flexibility index (Phi) is 8.55. The average Bonchev–Trinajstić information content (AvgIpc) is 2.93. The summed E-state index contributed by atoms with van der Waals surface area (Å²) in [5, 5.41) is 10.0. The minimum atomic E-state index is 0.162. The van der Waals surface area contributed by atoms with E-state index in [1.165, 1.54) is 0 Å². The van der Waals surface area contributed by atoms with Crippen molar-refractivity contribution in [3.8, 4) is 17.2 Å². The molecule has 2 aromatic carbocycles. The monoisotopic (exact) mass is 530 g/mol. The van der Waals surface area contributed by atoms with Crippen LogP contribution >= 0.6 is 0 Å². The Labute approximate surface area is 236 Å². The number of amidine groups is 1. The summed E-state index contributed by atoms with van der Waals surface area (Å²) in [7, 11) is 0. The van der Waals surface area contributed by atoms with Gasteiger partial charge in [-0.1, -0.05) is 50.4 Å². The first-order chi connectivity index (χ1) is 19.2. The normalized spacial score (nSPS) is 13.7. The van der Waals surface area contributed by atoms with Crippen molar-refractivity contribution in [3.05, 3.63) is 103 Å². The standard InChI is InChI=1S/C32H34N8/c1-7-16-39(22(3)29(17-33)21(2)37-24(5)34)20-31-38-30-15-11-14-28(26-18-35-25(6)36-19-26)32(30)23(4)40(31)27-12-9-8-10-13-27/h8-15,18-19H,4-5,7,16,20,34H2,1-3,6H3/b29-22+,37-21-. The molecule has 0 atom stereocenters. The number of nitrogens with two attached hydrogens (primary N) is 1. The third kappa shape index (κ3) is 5.84. The minimum Gasteiger partial charge on any atom is -0.384 e. The SMILES string of the molecule is C=C(N)/N=C(C)\C(C#N)=C(/C)N(CCC)CC1=Nc2cccc(-c3cnc(C)nc3)c2C(=C)N1c1ccccc1. The lowest BCUT2D eigenvalue weighted by Gasteiger charge is -2.37. The van der Waals surface area contributed by atoms with E-state index in [4.69, 9.17) is 10.7 Å². The molecular weight excluding hydrogens is 496 g/mol. The molecule has 8 heteroatoms. The Morgan fingerprint density at radius 3 is 2.42 bits per heavy atom. The second kappa shape index (κ2) is 12.2. The zero-order chi connectivity index (χ0) is 28.8. The summed E-state index contributed by atoms with van der Waals surface area (Å²) in [6.45, 7) is 17.1. The number of nitriles is 1. The van der Waals surface area contributed by atoms with E-state index in [1.807, 2.05) is 74.8 Å². The number of benzene rings is 2. The van der Waals surface area contributed by atoms with E-state index in [9.17, 15) is 5.26 Å². The van der Waals surface area contributed by atoms with E-state index in [0.717, 1.165) is 58.3 Å². The van der Waals surface area contributed by atoms with Crippen LogP contribution in [0.2, 0.25) is 0 Å². The van der Waals surface area contributed by atoms with Crippen LogP contribution in [-0.4, -0.2) is 39.5 Å². The molecule has 8 nitrogen and oxygen atoms in total. The second-order valence-corrected chi connectivity index (χ2v) is 9.55. The predicted molar refractivity (Wildman–Crippen MR) is 164 cm³/mol. The first kappa shape index (κ1) is 28.0. The second-order valence-electron chi connectivity index (χ2n) is 9.55. The number of anilines is 1. The van der Waals surface area contributed by atoms with E-state index in [0.29, 0.717) is 23.7 Å². The maximum atomic E-state index is 10.0. The molecular formula is C32H34N8. The van der Waals surface area contributed by atoms with Gasteiger partial charge in [0.15, 0.2) is 0 Å². The first-order valence-electron chi connectivity index (χ1n) is 13.1. The minimum absolute atomic E-state index is 0.162. The van der Waals surface area contributed by atoms with Crippen molar-refractivity contribution in [1.29, 1.82) is 5.26 Å². The topological polar surface area (TPSA) is 107 Å². The number of hydrogen-bond acceptors (Lipinski definition) is 8. The van der Waals surface area contributed by atoms with Gasteiger partial charge in [0.2, 0.25) is 0 Å².